The van der Waals surface area contributed by atoms with Crippen molar-refractivity contribution in [3.05, 3.63) is 62.1 Å². The molecule has 150 valence electrons. The molecule has 4 rings (SSSR count). The minimum atomic E-state index is -0.549. The number of benzene rings is 1. The zero-order chi connectivity index (χ0) is 20.8. The highest BCUT2D eigenvalue weighted by Gasteiger charge is 2.31. The first-order valence-electron chi connectivity index (χ1n) is 9.28. The molecule has 1 aliphatic rings. The van der Waals surface area contributed by atoms with E-state index < -0.39 is 11.6 Å². The lowest BCUT2D eigenvalue weighted by atomic mass is 10.0. The fraction of sp³-hybridized carbons (Fsp3) is 0.333. The number of hydrogen-bond acceptors (Lipinski definition) is 6. The Morgan fingerprint density at radius 2 is 1.93 bits per heavy atom. The monoisotopic (exact) mass is 520 g/mol. The van der Waals surface area contributed by atoms with Gasteiger partial charge >= 0.3 is 5.97 Å². The van der Waals surface area contributed by atoms with Gasteiger partial charge in [-0.05, 0) is 73.9 Å². The molecule has 0 N–H and O–H groups in total. The van der Waals surface area contributed by atoms with Gasteiger partial charge in [0.25, 0.3) is 0 Å². The van der Waals surface area contributed by atoms with Gasteiger partial charge in [-0.15, -0.1) is 21.5 Å². The van der Waals surface area contributed by atoms with Crippen LogP contribution >= 0.6 is 33.9 Å². The van der Waals surface area contributed by atoms with E-state index in [4.69, 9.17) is 9.73 Å². The lowest BCUT2D eigenvalue weighted by Gasteiger charge is -2.20. The van der Waals surface area contributed by atoms with Crippen LogP contribution in [-0.2, 0) is 9.53 Å². The molecule has 3 heterocycles. The fourth-order valence-corrected chi connectivity index (χ4v) is 4.61. The van der Waals surface area contributed by atoms with Crippen molar-refractivity contribution in [2.45, 2.75) is 45.8 Å². The van der Waals surface area contributed by atoms with Crippen molar-refractivity contribution >= 4 is 45.6 Å². The summed E-state index contributed by atoms with van der Waals surface area (Å²) in [6.07, 6.45) is 0.109. The largest absolute Gasteiger partial charge is 0.460 e. The van der Waals surface area contributed by atoms with E-state index in [2.05, 4.69) is 63.1 Å². The van der Waals surface area contributed by atoms with Gasteiger partial charge in [-0.3, -0.25) is 14.4 Å². The molecule has 6 nitrogen and oxygen atoms in total. The Kier molecular flexibility index (Phi) is 5.32. The molecule has 29 heavy (non-hydrogen) atoms. The van der Waals surface area contributed by atoms with Crippen molar-refractivity contribution in [1.82, 2.24) is 14.8 Å². The van der Waals surface area contributed by atoms with Crippen molar-refractivity contribution in [1.29, 1.82) is 0 Å². The topological polar surface area (TPSA) is 69.4 Å². The van der Waals surface area contributed by atoms with E-state index in [0.717, 1.165) is 31.2 Å². The molecule has 0 aliphatic carbocycles. The molecule has 1 aromatic carbocycles. The van der Waals surface area contributed by atoms with Crippen LogP contribution in [0.15, 0.2) is 40.7 Å². The SMILES string of the molecule is Cc1nnc2n1-c1sccc1C(c1ccc(I)cc1)=N[C@H]2CC(=O)OC(C)(C)C. The lowest BCUT2D eigenvalue weighted by Crippen LogP contribution is -2.25. The molecule has 0 amide bonds. The van der Waals surface area contributed by atoms with Crippen molar-refractivity contribution < 1.29 is 9.53 Å². The van der Waals surface area contributed by atoms with Gasteiger partial charge in [-0.2, -0.15) is 0 Å². The number of carbonyl (C=O) groups is 1. The number of hydrogen-bond donors (Lipinski definition) is 0. The van der Waals surface area contributed by atoms with Crippen molar-refractivity contribution in [2.75, 3.05) is 0 Å². The summed E-state index contributed by atoms with van der Waals surface area (Å²) < 4.78 is 8.72. The summed E-state index contributed by atoms with van der Waals surface area (Å²) in [5.41, 5.74) is 2.34. The summed E-state index contributed by atoms with van der Waals surface area (Å²) in [5.74, 6) is 1.14. The molecule has 0 bridgehead atoms. The molecule has 8 heteroatoms. The number of ether oxygens (including phenoxy) is 1. The third-order valence-corrected chi connectivity index (χ3v) is 6.05. The van der Waals surface area contributed by atoms with Crippen LogP contribution in [0.5, 0.6) is 0 Å². The summed E-state index contributed by atoms with van der Waals surface area (Å²) in [4.78, 5) is 17.6. The average Bonchev–Trinajstić information content (AvgIpc) is 3.21. The van der Waals surface area contributed by atoms with Crippen molar-refractivity contribution in [3.63, 3.8) is 0 Å². The second-order valence-corrected chi connectivity index (χ2v) is 10.0. The maximum Gasteiger partial charge on any atom is 0.308 e. The van der Waals surface area contributed by atoms with E-state index in [-0.39, 0.29) is 12.4 Å². The number of aromatic nitrogens is 3. The second-order valence-electron chi connectivity index (χ2n) is 7.87. The number of carbonyl (C=O) groups excluding carboxylic acids is 1. The number of rotatable bonds is 3. The quantitative estimate of drug-likeness (QED) is 0.365. The molecular weight excluding hydrogens is 499 g/mol. The Balaban J connectivity index is 1.84. The van der Waals surface area contributed by atoms with E-state index in [0.29, 0.717) is 5.82 Å². The molecule has 0 spiro atoms. The number of esters is 1. The molecule has 0 fully saturated rings. The van der Waals surface area contributed by atoms with Crippen LogP contribution in [0.25, 0.3) is 5.00 Å². The van der Waals surface area contributed by atoms with E-state index >= 15 is 0 Å². The standard InChI is InChI=1S/C21H21IN4O2S/c1-12-24-25-19-16(11-17(27)28-21(2,3)4)23-18(13-5-7-14(22)8-6-13)15-9-10-29-20(15)26(12)19/h5-10,16H,11H2,1-4H3/t16-/m0/s1. The van der Waals surface area contributed by atoms with Gasteiger partial charge in [0.05, 0.1) is 12.1 Å². The summed E-state index contributed by atoms with van der Waals surface area (Å²) in [6.45, 7) is 7.51. The molecule has 3 aromatic rings. The number of halogens is 1. The smallest absolute Gasteiger partial charge is 0.308 e. The van der Waals surface area contributed by atoms with Gasteiger partial charge in [0.15, 0.2) is 5.82 Å². The van der Waals surface area contributed by atoms with Crippen LogP contribution in [-0.4, -0.2) is 32.0 Å². The molecule has 1 aliphatic heterocycles. The van der Waals surface area contributed by atoms with Crippen LogP contribution in [0.1, 0.15) is 56.0 Å². The molecular formula is C21H21IN4O2S. The Labute approximate surface area is 187 Å². The molecule has 2 aromatic heterocycles. The highest BCUT2D eigenvalue weighted by atomic mass is 127. The molecule has 0 radical (unpaired) electrons. The summed E-state index contributed by atoms with van der Waals surface area (Å²) in [6, 6.07) is 9.83. The van der Waals surface area contributed by atoms with Crippen LogP contribution in [0.2, 0.25) is 0 Å². The van der Waals surface area contributed by atoms with E-state index in [1.807, 2.05) is 37.6 Å². The Morgan fingerprint density at radius 1 is 1.21 bits per heavy atom. The minimum absolute atomic E-state index is 0.109. The number of fused-ring (bicyclic) bond motifs is 3. The summed E-state index contributed by atoms with van der Waals surface area (Å²) in [5, 5.41) is 11.7. The molecule has 1 atom stereocenters. The minimum Gasteiger partial charge on any atom is -0.460 e. The van der Waals surface area contributed by atoms with Crippen molar-refractivity contribution in [3.8, 4) is 5.00 Å². The highest BCUT2D eigenvalue weighted by Crippen LogP contribution is 2.35. The summed E-state index contributed by atoms with van der Waals surface area (Å²) in [7, 11) is 0. The third kappa shape index (κ3) is 4.13. The predicted octanol–water partition coefficient (Wildman–Crippen LogP) is 4.87. The fourth-order valence-electron chi connectivity index (χ4n) is 3.30. The zero-order valence-electron chi connectivity index (χ0n) is 16.6. The van der Waals surface area contributed by atoms with Crippen LogP contribution in [0.4, 0.5) is 0 Å². The zero-order valence-corrected chi connectivity index (χ0v) is 19.6. The third-order valence-electron chi connectivity index (χ3n) is 4.43. The first-order chi connectivity index (χ1) is 13.7. The number of aryl methyl sites for hydroxylation is 1. The first-order valence-corrected chi connectivity index (χ1v) is 11.2. The van der Waals surface area contributed by atoms with Gasteiger partial charge in [-0.1, -0.05) is 12.1 Å². The number of nitrogens with zero attached hydrogens (tertiary/aromatic N) is 4. The van der Waals surface area contributed by atoms with Crippen LogP contribution in [0, 0.1) is 10.5 Å². The average molecular weight is 520 g/mol. The first kappa shape index (κ1) is 20.2. The van der Waals surface area contributed by atoms with Crippen LogP contribution < -0.4 is 0 Å². The van der Waals surface area contributed by atoms with Crippen LogP contribution in [0.3, 0.4) is 0 Å². The van der Waals surface area contributed by atoms with E-state index in [1.165, 1.54) is 0 Å². The Bertz CT molecular complexity index is 1090. The molecule has 0 saturated heterocycles. The number of aliphatic imine (C=N–C) groups is 1. The van der Waals surface area contributed by atoms with E-state index in [1.54, 1.807) is 11.3 Å². The maximum atomic E-state index is 12.6. The van der Waals surface area contributed by atoms with Gasteiger partial charge < -0.3 is 4.74 Å². The van der Waals surface area contributed by atoms with Gasteiger partial charge in [0.2, 0.25) is 0 Å². The molecule has 0 unspecified atom stereocenters. The molecule has 0 saturated carbocycles. The van der Waals surface area contributed by atoms with Gasteiger partial charge in [0.1, 0.15) is 22.5 Å². The van der Waals surface area contributed by atoms with Gasteiger partial charge in [0, 0.05) is 14.7 Å². The number of thiophene rings is 1. The van der Waals surface area contributed by atoms with Crippen molar-refractivity contribution in [2.24, 2.45) is 4.99 Å². The summed E-state index contributed by atoms with van der Waals surface area (Å²) >= 11 is 3.91. The normalized spacial score (nSPS) is 15.9. The Hall–Kier alpha value is -2.07. The maximum absolute atomic E-state index is 12.6. The van der Waals surface area contributed by atoms with E-state index in [9.17, 15) is 4.79 Å². The predicted molar refractivity (Wildman–Crippen MR) is 122 cm³/mol. The second kappa shape index (κ2) is 7.64. The highest BCUT2D eigenvalue weighted by molar-refractivity contribution is 14.1. The lowest BCUT2D eigenvalue weighted by molar-refractivity contribution is -0.155. The Morgan fingerprint density at radius 3 is 2.62 bits per heavy atom. The van der Waals surface area contributed by atoms with Gasteiger partial charge in [-0.25, -0.2) is 0 Å².